The zero-order chi connectivity index (χ0) is 13.7. The number of hydrogen-bond acceptors (Lipinski definition) is 3. The average molecular weight is 255 g/mol. The molecule has 4 heteroatoms. The Morgan fingerprint density at radius 2 is 2.05 bits per heavy atom. The highest BCUT2D eigenvalue weighted by Crippen LogP contribution is 2.10. The monoisotopic (exact) mass is 255 g/mol. The quantitative estimate of drug-likeness (QED) is 0.873. The number of carbonyl (C=O) groups is 1. The maximum Gasteiger partial charge on any atom is 0.241 e. The zero-order valence-electron chi connectivity index (χ0n) is 10.8. The predicted molar refractivity (Wildman–Crippen MR) is 74.2 cm³/mol. The molecule has 0 radical (unpaired) electrons. The topological polar surface area (TPSA) is 68.0 Å². The van der Waals surface area contributed by atoms with Gasteiger partial charge in [-0.1, -0.05) is 30.3 Å². The molecular formula is C15H17N3O. The van der Waals surface area contributed by atoms with Gasteiger partial charge in [0.1, 0.15) is 6.04 Å². The van der Waals surface area contributed by atoms with Gasteiger partial charge in [0.2, 0.25) is 5.91 Å². The van der Waals surface area contributed by atoms with Crippen LogP contribution in [0.5, 0.6) is 0 Å². The summed E-state index contributed by atoms with van der Waals surface area (Å²) in [6.45, 7) is 2.43. The maximum atomic E-state index is 12.0. The van der Waals surface area contributed by atoms with Crippen molar-refractivity contribution >= 4 is 5.91 Å². The maximum absolute atomic E-state index is 12.0. The molecule has 3 N–H and O–H groups in total. The lowest BCUT2D eigenvalue weighted by Crippen LogP contribution is -2.33. The third-order valence-electron chi connectivity index (χ3n) is 3.03. The molecule has 4 nitrogen and oxygen atoms in total. The van der Waals surface area contributed by atoms with Crippen LogP contribution in [-0.4, -0.2) is 10.9 Å². The molecule has 0 aliphatic carbocycles. The van der Waals surface area contributed by atoms with Crippen molar-refractivity contribution in [1.82, 2.24) is 10.3 Å². The molecule has 1 aromatic carbocycles. The number of carbonyl (C=O) groups excluding carboxylic acids is 1. The predicted octanol–water partition coefficient (Wildman–Crippen LogP) is 1.71. The normalized spacial score (nSPS) is 11.9. The summed E-state index contributed by atoms with van der Waals surface area (Å²) < 4.78 is 0. The van der Waals surface area contributed by atoms with Gasteiger partial charge in [-0.15, -0.1) is 0 Å². The van der Waals surface area contributed by atoms with E-state index >= 15 is 0 Å². The second-order valence-corrected chi connectivity index (χ2v) is 4.41. The van der Waals surface area contributed by atoms with Crippen LogP contribution in [0.3, 0.4) is 0 Å². The minimum Gasteiger partial charge on any atom is -0.350 e. The van der Waals surface area contributed by atoms with Crippen LogP contribution in [-0.2, 0) is 11.3 Å². The molecule has 2 aromatic rings. The summed E-state index contributed by atoms with van der Waals surface area (Å²) >= 11 is 0. The molecule has 1 amide bonds. The average Bonchev–Trinajstić information content (AvgIpc) is 2.46. The largest absolute Gasteiger partial charge is 0.350 e. The van der Waals surface area contributed by atoms with Gasteiger partial charge in [-0.25, -0.2) is 0 Å². The van der Waals surface area contributed by atoms with Crippen molar-refractivity contribution in [3.63, 3.8) is 0 Å². The fourth-order valence-corrected chi connectivity index (χ4v) is 1.80. The lowest BCUT2D eigenvalue weighted by molar-refractivity contribution is -0.122. The SMILES string of the molecule is Cc1cnccc1CNC(=O)[C@H](N)c1ccccc1. The van der Waals surface area contributed by atoms with Crippen LogP contribution in [0.4, 0.5) is 0 Å². The molecular weight excluding hydrogens is 238 g/mol. The molecule has 0 aliphatic rings. The van der Waals surface area contributed by atoms with E-state index in [1.807, 2.05) is 43.3 Å². The van der Waals surface area contributed by atoms with Crippen molar-refractivity contribution in [3.05, 3.63) is 65.5 Å². The number of aromatic nitrogens is 1. The molecule has 98 valence electrons. The molecule has 1 aromatic heterocycles. The van der Waals surface area contributed by atoms with Gasteiger partial charge in [-0.05, 0) is 29.7 Å². The highest BCUT2D eigenvalue weighted by atomic mass is 16.2. The number of pyridine rings is 1. The van der Waals surface area contributed by atoms with E-state index in [0.29, 0.717) is 6.54 Å². The van der Waals surface area contributed by atoms with E-state index in [2.05, 4.69) is 10.3 Å². The van der Waals surface area contributed by atoms with Gasteiger partial charge in [-0.3, -0.25) is 9.78 Å². The molecule has 0 saturated heterocycles. The van der Waals surface area contributed by atoms with Crippen LogP contribution < -0.4 is 11.1 Å². The first kappa shape index (κ1) is 13.2. The molecule has 1 atom stereocenters. The van der Waals surface area contributed by atoms with Gasteiger partial charge in [0.15, 0.2) is 0 Å². The third-order valence-corrected chi connectivity index (χ3v) is 3.03. The molecule has 2 rings (SSSR count). The van der Waals surface area contributed by atoms with Crippen LogP contribution in [0.2, 0.25) is 0 Å². The highest BCUT2D eigenvalue weighted by Gasteiger charge is 2.14. The Morgan fingerprint density at radius 1 is 1.32 bits per heavy atom. The molecule has 1 heterocycles. The number of rotatable bonds is 4. The summed E-state index contributed by atoms with van der Waals surface area (Å²) in [5.41, 5.74) is 8.82. The Hall–Kier alpha value is -2.20. The van der Waals surface area contributed by atoms with E-state index in [1.54, 1.807) is 12.4 Å². The summed E-state index contributed by atoms with van der Waals surface area (Å²) in [5, 5.41) is 2.85. The molecule has 0 fully saturated rings. The van der Waals surface area contributed by atoms with Crippen molar-refractivity contribution in [3.8, 4) is 0 Å². The van der Waals surface area contributed by atoms with Crippen LogP contribution in [0, 0.1) is 6.92 Å². The van der Waals surface area contributed by atoms with Gasteiger partial charge >= 0.3 is 0 Å². The van der Waals surface area contributed by atoms with Gasteiger partial charge in [0.25, 0.3) is 0 Å². The summed E-state index contributed by atoms with van der Waals surface area (Å²) in [6.07, 6.45) is 3.49. The first-order valence-corrected chi connectivity index (χ1v) is 6.16. The van der Waals surface area contributed by atoms with E-state index in [0.717, 1.165) is 16.7 Å². The van der Waals surface area contributed by atoms with Gasteiger partial charge in [-0.2, -0.15) is 0 Å². The minimum atomic E-state index is -0.636. The second kappa shape index (κ2) is 6.11. The van der Waals surface area contributed by atoms with Gasteiger partial charge in [0, 0.05) is 18.9 Å². The smallest absolute Gasteiger partial charge is 0.241 e. The Kier molecular flexibility index (Phi) is 4.26. The minimum absolute atomic E-state index is 0.178. The van der Waals surface area contributed by atoms with Gasteiger partial charge < -0.3 is 11.1 Å². The highest BCUT2D eigenvalue weighted by molar-refractivity contribution is 5.82. The van der Waals surface area contributed by atoms with Gasteiger partial charge in [0.05, 0.1) is 0 Å². The number of benzene rings is 1. The van der Waals surface area contributed by atoms with Crippen LogP contribution in [0.15, 0.2) is 48.8 Å². The zero-order valence-corrected chi connectivity index (χ0v) is 10.8. The van der Waals surface area contributed by atoms with Crippen molar-refractivity contribution in [2.75, 3.05) is 0 Å². The summed E-state index contributed by atoms with van der Waals surface area (Å²) in [4.78, 5) is 16.0. The Bertz CT molecular complexity index is 554. The summed E-state index contributed by atoms with van der Waals surface area (Å²) in [6, 6.07) is 10.6. The Labute approximate surface area is 112 Å². The number of aryl methyl sites for hydroxylation is 1. The number of hydrogen-bond donors (Lipinski definition) is 2. The summed E-state index contributed by atoms with van der Waals surface area (Å²) in [5.74, 6) is -0.178. The molecule has 19 heavy (non-hydrogen) atoms. The number of nitrogens with zero attached hydrogens (tertiary/aromatic N) is 1. The van der Waals surface area contributed by atoms with Crippen molar-refractivity contribution in [2.45, 2.75) is 19.5 Å². The van der Waals surface area contributed by atoms with E-state index < -0.39 is 6.04 Å². The Morgan fingerprint density at radius 3 is 2.74 bits per heavy atom. The number of amides is 1. The molecule has 0 saturated carbocycles. The Balaban J connectivity index is 1.97. The lowest BCUT2D eigenvalue weighted by atomic mass is 10.1. The van der Waals surface area contributed by atoms with Crippen LogP contribution >= 0.6 is 0 Å². The molecule has 0 spiro atoms. The third kappa shape index (κ3) is 3.39. The van der Waals surface area contributed by atoms with E-state index in [1.165, 1.54) is 0 Å². The second-order valence-electron chi connectivity index (χ2n) is 4.41. The molecule has 0 aliphatic heterocycles. The van der Waals surface area contributed by atoms with Crippen molar-refractivity contribution in [1.29, 1.82) is 0 Å². The molecule has 0 unspecified atom stereocenters. The molecule has 0 bridgehead atoms. The lowest BCUT2D eigenvalue weighted by Gasteiger charge is -2.13. The number of nitrogens with two attached hydrogens (primary N) is 1. The summed E-state index contributed by atoms with van der Waals surface area (Å²) in [7, 11) is 0. The van der Waals surface area contributed by atoms with Crippen LogP contribution in [0.25, 0.3) is 0 Å². The van der Waals surface area contributed by atoms with E-state index in [9.17, 15) is 4.79 Å². The fourth-order valence-electron chi connectivity index (χ4n) is 1.80. The van der Waals surface area contributed by atoms with Crippen LogP contribution in [0.1, 0.15) is 22.7 Å². The first-order valence-electron chi connectivity index (χ1n) is 6.16. The van der Waals surface area contributed by atoms with E-state index in [4.69, 9.17) is 5.73 Å². The van der Waals surface area contributed by atoms with Crippen molar-refractivity contribution in [2.24, 2.45) is 5.73 Å². The first-order chi connectivity index (χ1) is 9.18. The fraction of sp³-hybridized carbons (Fsp3) is 0.200. The van der Waals surface area contributed by atoms with Crippen molar-refractivity contribution < 1.29 is 4.79 Å². The van der Waals surface area contributed by atoms with E-state index in [-0.39, 0.29) is 5.91 Å². The standard InChI is InChI=1S/C15H17N3O/c1-11-9-17-8-7-13(11)10-18-15(19)14(16)12-5-3-2-4-6-12/h2-9,14H,10,16H2,1H3,(H,18,19)/t14-/m1/s1. The number of nitrogens with one attached hydrogen (secondary N) is 1.